The molecular formula is C15H17N3O. The minimum atomic E-state index is -0.241. The Morgan fingerprint density at radius 3 is 2.53 bits per heavy atom. The molecule has 1 heterocycles. The summed E-state index contributed by atoms with van der Waals surface area (Å²) in [6.07, 6.45) is 2.48. The van der Waals surface area contributed by atoms with E-state index in [0.717, 1.165) is 12.0 Å². The van der Waals surface area contributed by atoms with Gasteiger partial charge in [-0.05, 0) is 24.1 Å². The molecule has 0 radical (unpaired) electrons. The molecule has 0 bridgehead atoms. The maximum Gasteiger partial charge on any atom is 0.320 e. The summed E-state index contributed by atoms with van der Waals surface area (Å²) in [7, 11) is 0. The van der Waals surface area contributed by atoms with Crippen molar-refractivity contribution >= 4 is 11.8 Å². The monoisotopic (exact) mass is 255 g/mol. The average Bonchev–Trinajstić information content (AvgIpc) is 2.47. The van der Waals surface area contributed by atoms with Gasteiger partial charge in [-0.3, -0.25) is 5.32 Å². The summed E-state index contributed by atoms with van der Waals surface area (Å²) in [5.41, 5.74) is 1.10. The first-order chi connectivity index (χ1) is 9.29. The van der Waals surface area contributed by atoms with E-state index in [2.05, 4.69) is 15.6 Å². The number of carbonyl (C=O) groups excluding carboxylic acids is 1. The Morgan fingerprint density at radius 1 is 1.16 bits per heavy atom. The fourth-order valence-corrected chi connectivity index (χ4v) is 1.85. The zero-order valence-electron chi connectivity index (χ0n) is 10.8. The molecule has 1 atom stereocenters. The highest BCUT2D eigenvalue weighted by molar-refractivity contribution is 5.88. The molecule has 2 N–H and O–H groups in total. The normalized spacial score (nSPS) is 11.6. The van der Waals surface area contributed by atoms with Crippen LogP contribution in [0.3, 0.4) is 0 Å². The van der Waals surface area contributed by atoms with E-state index in [-0.39, 0.29) is 12.1 Å². The molecule has 0 saturated carbocycles. The van der Waals surface area contributed by atoms with Crippen LogP contribution in [0.25, 0.3) is 0 Å². The summed E-state index contributed by atoms with van der Waals surface area (Å²) in [6, 6.07) is 15.1. The van der Waals surface area contributed by atoms with Crippen LogP contribution in [0.5, 0.6) is 0 Å². The van der Waals surface area contributed by atoms with Gasteiger partial charge in [0.25, 0.3) is 0 Å². The third kappa shape index (κ3) is 3.81. The van der Waals surface area contributed by atoms with Crippen molar-refractivity contribution in [3.63, 3.8) is 0 Å². The molecule has 4 heteroatoms. The Balaban J connectivity index is 1.97. The Kier molecular flexibility index (Phi) is 4.50. The van der Waals surface area contributed by atoms with Gasteiger partial charge in [0.2, 0.25) is 0 Å². The lowest BCUT2D eigenvalue weighted by Gasteiger charge is -2.17. The van der Waals surface area contributed by atoms with E-state index in [0.29, 0.717) is 5.82 Å². The number of carbonyl (C=O) groups is 1. The second-order valence-electron chi connectivity index (χ2n) is 4.18. The molecule has 0 aliphatic carbocycles. The summed E-state index contributed by atoms with van der Waals surface area (Å²) >= 11 is 0. The first-order valence-electron chi connectivity index (χ1n) is 6.33. The highest BCUT2D eigenvalue weighted by Gasteiger charge is 2.12. The molecular weight excluding hydrogens is 238 g/mol. The van der Waals surface area contributed by atoms with Crippen LogP contribution in [0, 0.1) is 0 Å². The zero-order chi connectivity index (χ0) is 13.5. The number of nitrogens with one attached hydrogen (secondary N) is 2. The Labute approximate surface area is 112 Å². The van der Waals surface area contributed by atoms with E-state index in [1.165, 1.54) is 0 Å². The fourth-order valence-electron chi connectivity index (χ4n) is 1.85. The van der Waals surface area contributed by atoms with E-state index in [9.17, 15) is 4.79 Å². The molecule has 4 nitrogen and oxygen atoms in total. The highest BCUT2D eigenvalue weighted by Crippen LogP contribution is 2.15. The average molecular weight is 255 g/mol. The number of aromatic nitrogens is 1. The lowest BCUT2D eigenvalue weighted by Crippen LogP contribution is -2.32. The van der Waals surface area contributed by atoms with Crippen molar-refractivity contribution < 1.29 is 4.79 Å². The van der Waals surface area contributed by atoms with E-state index in [4.69, 9.17) is 0 Å². The summed E-state index contributed by atoms with van der Waals surface area (Å²) in [4.78, 5) is 15.9. The topological polar surface area (TPSA) is 54.0 Å². The Morgan fingerprint density at radius 2 is 1.89 bits per heavy atom. The number of amides is 2. The molecule has 2 aromatic rings. The first-order valence-corrected chi connectivity index (χ1v) is 6.33. The van der Waals surface area contributed by atoms with Gasteiger partial charge in [-0.2, -0.15) is 0 Å². The van der Waals surface area contributed by atoms with Gasteiger partial charge in [-0.25, -0.2) is 9.78 Å². The quantitative estimate of drug-likeness (QED) is 0.880. The van der Waals surface area contributed by atoms with Gasteiger partial charge in [-0.15, -0.1) is 0 Å². The first kappa shape index (κ1) is 13.1. The van der Waals surface area contributed by atoms with E-state index >= 15 is 0 Å². The van der Waals surface area contributed by atoms with Gasteiger partial charge in [0.1, 0.15) is 5.82 Å². The number of anilines is 1. The van der Waals surface area contributed by atoms with E-state index < -0.39 is 0 Å². The number of hydrogen-bond acceptors (Lipinski definition) is 2. The molecule has 1 unspecified atom stereocenters. The fraction of sp³-hybridized carbons (Fsp3) is 0.200. The maximum absolute atomic E-state index is 11.9. The molecule has 0 fully saturated rings. The lowest BCUT2D eigenvalue weighted by atomic mass is 10.1. The van der Waals surface area contributed by atoms with E-state index in [1.807, 2.05) is 49.4 Å². The van der Waals surface area contributed by atoms with Crippen molar-refractivity contribution in [2.24, 2.45) is 0 Å². The van der Waals surface area contributed by atoms with Crippen LogP contribution in [0.2, 0.25) is 0 Å². The highest BCUT2D eigenvalue weighted by atomic mass is 16.2. The van der Waals surface area contributed by atoms with Crippen molar-refractivity contribution in [1.29, 1.82) is 0 Å². The standard InChI is InChI=1S/C15H17N3O/c1-2-13(12-8-4-3-5-9-12)17-15(19)18-14-10-6-7-11-16-14/h3-11,13H,2H2,1H3,(H2,16,17,18,19). The lowest BCUT2D eigenvalue weighted by molar-refractivity contribution is 0.248. The molecule has 98 valence electrons. The number of nitrogens with zero attached hydrogens (tertiary/aromatic N) is 1. The number of hydrogen-bond donors (Lipinski definition) is 2. The molecule has 2 amide bonds. The number of benzene rings is 1. The number of pyridine rings is 1. The third-order valence-electron chi connectivity index (χ3n) is 2.82. The van der Waals surface area contributed by atoms with Crippen molar-refractivity contribution in [3.8, 4) is 0 Å². The van der Waals surface area contributed by atoms with Crippen molar-refractivity contribution in [2.45, 2.75) is 19.4 Å². The predicted molar refractivity (Wildman–Crippen MR) is 75.9 cm³/mol. The second-order valence-corrected chi connectivity index (χ2v) is 4.18. The third-order valence-corrected chi connectivity index (χ3v) is 2.82. The summed E-state index contributed by atoms with van der Waals surface area (Å²) in [6.45, 7) is 2.04. The van der Waals surface area contributed by atoms with Crippen molar-refractivity contribution in [1.82, 2.24) is 10.3 Å². The van der Waals surface area contributed by atoms with Gasteiger partial charge >= 0.3 is 6.03 Å². The number of rotatable bonds is 4. The van der Waals surface area contributed by atoms with Gasteiger partial charge < -0.3 is 5.32 Å². The van der Waals surface area contributed by atoms with Crippen LogP contribution in [-0.4, -0.2) is 11.0 Å². The van der Waals surface area contributed by atoms with Crippen molar-refractivity contribution in [2.75, 3.05) is 5.32 Å². The van der Waals surface area contributed by atoms with Gasteiger partial charge in [0, 0.05) is 6.20 Å². The molecule has 19 heavy (non-hydrogen) atoms. The van der Waals surface area contributed by atoms with Gasteiger partial charge in [0.15, 0.2) is 0 Å². The Hall–Kier alpha value is -2.36. The smallest absolute Gasteiger partial charge is 0.320 e. The maximum atomic E-state index is 11.9. The second kappa shape index (κ2) is 6.54. The molecule has 0 spiro atoms. The van der Waals surface area contributed by atoms with E-state index in [1.54, 1.807) is 12.3 Å². The van der Waals surface area contributed by atoms with Gasteiger partial charge in [0.05, 0.1) is 6.04 Å². The summed E-state index contributed by atoms with van der Waals surface area (Å²) < 4.78 is 0. The van der Waals surface area contributed by atoms with Crippen LogP contribution in [0.1, 0.15) is 24.9 Å². The SMILES string of the molecule is CCC(NC(=O)Nc1ccccn1)c1ccccc1. The molecule has 2 rings (SSSR count). The minimum Gasteiger partial charge on any atom is -0.331 e. The molecule has 1 aromatic carbocycles. The summed E-state index contributed by atoms with van der Waals surface area (Å²) in [5.74, 6) is 0.544. The largest absolute Gasteiger partial charge is 0.331 e. The molecule has 0 aliphatic rings. The van der Waals surface area contributed by atoms with Crippen LogP contribution < -0.4 is 10.6 Å². The van der Waals surface area contributed by atoms with Crippen LogP contribution in [0.15, 0.2) is 54.7 Å². The van der Waals surface area contributed by atoms with Crippen LogP contribution in [-0.2, 0) is 0 Å². The predicted octanol–water partition coefficient (Wildman–Crippen LogP) is 3.35. The zero-order valence-corrected chi connectivity index (χ0v) is 10.8. The number of urea groups is 1. The molecule has 1 aromatic heterocycles. The minimum absolute atomic E-state index is 0.00455. The van der Waals surface area contributed by atoms with Gasteiger partial charge in [-0.1, -0.05) is 43.3 Å². The Bertz CT molecular complexity index is 513. The summed E-state index contributed by atoms with van der Waals surface area (Å²) in [5, 5.41) is 5.66. The van der Waals surface area contributed by atoms with Crippen LogP contribution >= 0.6 is 0 Å². The van der Waals surface area contributed by atoms with Crippen LogP contribution in [0.4, 0.5) is 10.6 Å². The molecule has 0 saturated heterocycles. The molecule has 0 aliphatic heterocycles. The van der Waals surface area contributed by atoms with Crippen molar-refractivity contribution in [3.05, 3.63) is 60.3 Å².